The summed E-state index contributed by atoms with van der Waals surface area (Å²) in [5.74, 6) is 3.84. The van der Waals surface area contributed by atoms with Crippen molar-refractivity contribution >= 4 is 0 Å². The highest BCUT2D eigenvalue weighted by Crippen LogP contribution is 2.67. The van der Waals surface area contributed by atoms with Gasteiger partial charge in [0.25, 0.3) is 0 Å². The Labute approximate surface area is 190 Å². The van der Waals surface area contributed by atoms with E-state index >= 15 is 0 Å². The van der Waals surface area contributed by atoms with Crippen LogP contribution in [-0.4, -0.2) is 34.6 Å². The van der Waals surface area contributed by atoms with Crippen LogP contribution in [0.5, 0.6) is 0 Å². The average Bonchev–Trinajstić information content (AvgIpc) is 3.42. The van der Waals surface area contributed by atoms with Crippen molar-refractivity contribution in [1.29, 1.82) is 0 Å². The first-order valence-electron chi connectivity index (χ1n) is 13.3. The van der Waals surface area contributed by atoms with E-state index in [2.05, 4.69) is 40.7 Å². The average molecular weight is 431 g/mol. The largest absolute Gasteiger partial charge is 0.393 e. The highest BCUT2D eigenvalue weighted by Gasteiger charge is 2.60. The van der Waals surface area contributed by atoms with Gasteiger partial charge in [0.05, 0.1) is 24.4 Å². The lowest BCUT2D eigenvalue weighted by Crippen LogP contribution is -2.51. The molecule has 3 heteroatoms. The second-order valence-corrected chi connectivity index (χ2v) is 13.0. The minimum absolute atomic E-state index is 0.0606. The number of ether oxygens (including phenoxy) is 1. The number of aliphatic hydroxyl groups is 2. The van der Waals surface area contributed by atoms with Gasteiger partial charge in [-0.25, -0.2) is 0 Å². The summed E-state index contributed by atoms with van der Waals surface area (Å²) in [6, 6.07) is 0. The fourth-order valence-corrected chi connectivity index (χ4v) is 9.13. The lowest BCUT2D eigenvalue weighted by Gasteiger charge is -2.58. The number of epoxide rings is 1. The van der Waals surface area contributed by atoms with Crippen LogP contribution in [0.25, 0.3) is 0 Å². The molecule has 0 aromatic rings. The van der Waals surface area contributed by atoms with Gasteiger partial charge in [-0.1, -0.05) is 46.3 Å². The fraction of sp³-hybridized carbons (Fsp3) is 0.929. The Morgan fingerprint density at radius 2 is 1.81 bits per heavy atom. The van der Waals surface area contributed by atoms with Crippen LogP contribution >= 0.6 is 0 Å². The van der Waals surface area contributed by atoms with E-state index in [1.165, 1.54) is 38.5 Å². The van der Waals surface area contributed by atoms with Gasteiger partial charge >= 0.3 is 0 Å². The second-order valence-electron chi connectivity index (χ2n) is 13.0. The predicted octanol–water partition coefficient (Wildman–Crippen LogP) is 5.74. The molecule has 1 aliphatic heterocycles. The fourth-order valence-electron chi connectivity index (χ4n) is 9.13. The van der Waals surface area contributed by atoms with E-state index in [4.69, 9.17) is 4.74 Å². The van der Waals surface area contributed by atoms with E-state index in [0.29, 0.717) is 28.6 Å². The van der Waals surface area contributed by atoms with E-state index in [1.54, 1.807) is 5.57 Å². The maximum Gasteiger partial charge on any atom is 0.0963 e. The van der Waals surface area contributed by atoms with E-state index in [0.717, 1.165) is 43.6 Å². The Bertz CT molecular complexity index is 724. The van der Waals surface area contributed by atoms with Gasteiger partial charge in [0, 0.05) is 6.42 Å². The van der Waals surface area contributed by atoms with Gasteiger partial charge in [0.2, 0.25) is 0 Å². The normalized spacial score (nSPS) is 50.8. The van der Waals surface area contributed by atoms with Crippen LogP contribution in [0, 0.1) is 46.3 Å². The Morgan fingerprint density at radius 3 is 2.48 bits per heavy atom. The van der Waals surface area contributed by atoms with E-state index in [1.807, 2.05) is 0 Å². The van der Waals surface area contributed by atoms with Gasteiger partial charge in [-0.3, -0.25) is 0 Å². The molecule has 31 heavy (non-hydrogen) atoms. The summed E-state index contributed by atoms with van der Waals surface area (Å²) in [7, 11) is 0. The third-order valence-electron chi connectivity index (χ3n) is 11.5. The molecular formula is C28H46O3. The van der Waals surface area contributed by atoms with Gasteiger partial charge in [-0.05, 0) is 97.7 Å². The van der Waals surface area contributed by atoms with Gasteiger partial charge in [0.15, 0.2) is 0 Å². The van der Waals surface area contributed by atoms with Crippen LogP contribution in [-0.2, 0) is 4.74 Å². The molecule has 0 aromatic heterocycles. The zero-order chi connectivity index (χ0) is 22.2. The summed E-state index contributed by atoms with van der Waals surface area (Å²) in [5, 5.41) is 21.5. The number of fused-ring (bicyclic) bond motifs is 5. The van der Waals surface area contributed by atoms with Gasteiger partial charge in [0.1, 0.15) is 0 Å². The minimum Gasteiger partial charge on any atom is -0.393 e. The number of hydrogen-bond donors (Lipinski definition) is 2. The smallest absolute Gasteiger partial charge is 0.0963 e. The first kappa shape index (κ1) is 22.4. The Kier molecular flexibility index (Phi) is 5.47. The van der Waals surface area contributed by atoms with Gasteiger partial charge in [-0.15, -0.1) is 0 Å². The highest BCUT2D eigenvalue weighted by molar-refractivity contribution is 5.25. The van der Waals surface area contributed by atoms with Crippen molar-refractivity contribution in [2.24, 2.45) is 46.3 Å². The van der Waals surface area contributed by atoms with E-state index in [9.17, 15) is 10.2 Å². The van der Waals surface area contributed by atoms with Crippen LogP contribution in [0.1, 0.15) is 92.4 Å². The Balaban J connectivity index is 1.33. The Morgan fingerprint density at radius 1 is 1.06 bits per heavy atom. The molecule has 0 bridgehead atoms. The van der Waals surface area contributed by atoms with Crippen molar-refractivity contribution in [2.75, 3.05) is 6.61 Å². The molecule has 0 spiro atoms. The van der Waals surface area contributed by atoms with Crippen LogP contribution in [0.15, 0.2) is 11.6 Å². The quantitative estimate of drug-likeness (QED) is 0.432. The van der Waals surface area contributed by atoms with Gasteiger partial charge in [-0.2, -0.15) is 0 Å². The summed E-state index contributed by atoms with van der Waals surface area (Å²) >= 11 is 0. The summed E-state index contributed by atoms with van der Waals surface area (Å²) in [6.45, 7) is 12.7. The molecule has 5 rings (SSSR count). The maximum atomic E-state index is 11.2. The molecule has 0 unspecified atom stereocenters. The Hall–Kier alpha value is -0.380. The molecule has 176 valence electrons. The second kappa shape index (κ2) is 7.57. The van der Waals surface area contributed by atoms with Crippen molar-refractivity contribution in [1.82, 2.24) is 0 Å². The topological polar surface area (TPSA) is 53.0 Å². The van der Waals surface area contributed by atoms with Crippen LogP contribution in [0.2, 0.25) is 0 Å². The first-order chi connectivity index (χ1) is 14.6. The zero-order valence-electron chi connectivity index (χ0n) is 20.6. The number of allylic oxidation sites excluding steroid dienone is 1. The van der Waals surface area contributed by atoms with Crippen LogP contribution in [0.4, 0.5) is 0 Å². The maximum absolute atomic E-state index is 11.2. The zero-order valence-corrected chi connectivity index (χ0v) is 20.6. The third kappa shape index (κ3) is 3.39. The van der Waals surface area contributed by atoms with Crippen molar-refractivity contribution in [3.8, 4) is 0 Å². The minimum atomic E-state index is -0.251. The van der Waals surface area contributed by atoms with Gasteiger partial charge < -0.3 is 14.9 Å². The third-order valence-corrected chi connectivity index (χ3v) is 11.5. The lowest BCUT2D eigenvalue weighted by atomic mass is 9.47. The number of hydrogen-bond acceptors (Lipinski definition) is 3. The molecule has 4 aliphatic carbocycles. The SMILES string of the molecule is CC(C)[C@]1(C[C@H](O)[C@@H](C)[C@H]2CC[C@H]3[C@@H]4CC=C5C[C@@H](O)CC[C@]5(C)[C@H]4CC[C@]23C)CO1. The van der Waals surface area contributed by atoms with Crippen molar-refractivity contribution in [3.63, 3.8) is 0 Å². The lowest BCUT2D eigenvalue weighted by molar-refractivity contribution is -0.0702. The monoisotopic (exact) mass is 430 g/mol. The first-order valence-corrected chi connectivity index (χ1v) is 13.3. The molecule has 0 amide bonds. The summed E-state index contributed by atoms with van der Waals surface area (Å²) in [4.78, 5) is 0. The van der Waals surface area contributed by atoms with Crippen molar-refractivity contribution in [3.05, 3.63) is 11.6 Å². The highest BCUT2D eigenvalue weighted by atomic mass is 16.6. The van der Waals surface area contributed by atoms with E-state index in [-0.39, 0.29) is 17.8 Å². The molecule has 1 saturated heterocycles. The molecule has 0 radical (unpaired) electrons. The summed E-state index contributed by atoms with van der Waals surface area (Å²) in [5.41, 5.74) is 2.19. The molecular weight excluding hydrogens is 384 g/mol. The molecule has 1 heterocycles. The van der Waals surface area contributed by atoms with Crippen LogP contribution in [0.3, 0.4) is 0 Å². The molecule has 0 aromatic carbocycles. The van der Waals surface area contributed by atoms with Crippen LogP contribution < -0.4 is 0 Å². The molecule has 10 atom stereocenters. The summed E-state index contributed by atoms with van der Waals surface area (Å²) in [6.07, 6.45) is 12.5. The molecule has 3 saturated carbocycles. The standard InChI is InChI=1S/C28H46O3/c1-17(2)28(16-31-28)15-25(30)18(3)22-8-9-23-21-7-6-19-14-20(29)10-12-26(19,4)24(21)11-13-27(22,23)5/h6,17-18,20-25,29-30H,7-16H2,1-5H3/t18-,20-,21-,22+,23-,24-,25-,26-,27+,28-/m0/s1. The molecule has 2 N–H and O–H groups in total. The molecule has 3 nitrogen and oxygen atoms in total. The molecule has 4 fully saturated rings. The number of aliphatic hydroxyl groups excluding tert-OH is 2. The number of rotatable bonds is 5. The molecule has 5 aliphatic rings. The predicted molar refractivity (Wildman–Crippen MR) is 125 cm³/mol. The summed E-state index contributed by atoms with van der Waals surface area (Å²) < 4.78 is 5.83. The van der Waals surface area contributed by atoms with Crippen molar-refractivity contribution < 1.29 is 14.9 Å². The van der Waals surface area contributed by atoms with Crippen molar-refractivity contribution in [2.45, 2.75) is 110 Å². The van der Waals surface area contributed by atoms with E-state index < -0.39 is 0 Å².